The minimum Gasteiger partial charge on any atom is -0.360 e. The molecule has 4 heteroatoms. The largest absolute Gasteiger partial charge is 0.360 e. The number of ketones is 1. The first-order chi connectivity index (χ1) is 9.24. The minimum absolute atomic E-state index is 0.207. The van der Waals surface area contributed by atoms with E-state index in [1.165, 1.54) is 5.56 Å². The number of aromatic nitrogens is 1. The summed E-state index contributed by atoms with van der Waals surface area (Å²) < 4.78 is 0. The molecule has 1 aromatic heterocycles. The topological polar surface area (TPSA) is 48.1 Å². The number of rotatable bonds is 3. The monoisotopic (exact) mass is 257 g/mol. The summed E-state index contributed by atoms with van der Waals surface area (Å²) in [6, 6.07) is 6.17. The second kappa shape index (κ2) is 5.15. The van der Waals surface area contributed by atoms with E-state index < -0.39 is 0 Å². The van der Waals surface area contributed by atoms with Gasteiger partial charge in [-0.15, -0.1) is 0 Å². The third-order valence-electron chi connectivity index (χ3n) is 3.71. The zero-order valence-electron chi connectivity index (χ0n) is 11.2. The van der Waals surface area contributed by atoms with Gasteiger partial charge in [0.05, 0.1) is 6.54 Å². The van der Waals surface area contributed by atoms with Crippen molar-refractivity contribution in [2.75, 3.05) is 32.7 Å². The van der Waals surface area contributed by atoms with E-state index >= 15 is 0 Å². The van der Waals surface area contributed by atoms with E-state index in [0.29, 0.717) is 6.54 Å². The number of Topliss-reactive ketones (excluding diaryl/α,β-unsaturated/α-hetero) is 1. The van der Waals surface area contributed by atoms with Crippen molar-refractivity contribution < 1.29 is 4.79 Å². The number of aryl methyl sites for hydroxylation is 1. The van der Waals surface area contributed by atoms with Gasteiger partial charge in [0.2, 0.25) is 0 Å². The number of aromatic amines is 1. The van der Waals surface area contributed by atoms with Crippen molar-refractivity contribution >= 4 is 16.7 Å². The molecule has 100 valence electrons. The first-order valence-corrected chi connectivity index (χ1v) is 6.78. The van der Waals surface area contributed by atoms with E-state index in [1.807, 2.05) is 12.3 Å². The SMILES string of the molecule is Cc1ccc2[nH]cc(C(=O)CN3CCNCC3)c2c1. The molecule has 3 rings (SSSR count). The molecule has 1 fully saturated rings. The smallest absolute Gasteiger partial charge is 0.178 e. The Hall–Kier alpha value is -1.65. The van der Waals surface area contributed by atoms with Gasteiger partial charge in [0.25, 0.3) is 0 Å². The second-order valence-electron chi connectivity index (χ2n) is 5.20. The van der Waals surface area contributed by atoms with E-state index in [0.717, 1.165) is 42.6 Å². The normalized spacial score (nSPS) is 16.9. The summed E-state index contributed by atoms with van der Waals surface area (Å²) in [6.45, 7) is 6.42. The van der Waals surface area contributed by atoms with E-state index in [1.54, 1.807) is 0 Å². The van der Waals surface area contributed by atoms with Crippen LogP contribution >= 0.6 is 0 Å². The number of benzene rings is 1. The van der Waals surface area contributed by atoms with E-state index in [9.17, 15) is 4.79 Å². The number of carbonyl (C=O) groups is 1. The van der Waals surface area contributed by atoms with Crippen molar-refractivity contribution in [1.29, 1.82) is 0 Å². The van der Waals surface area contributed by atoms with Crippen LogP contribution < -0.4 is 5.32 Å². The van der Waals surface area contributed by atoms with Crippen LogP contribution in [0.1, 0.15) is 15.9 Å². The predicted molar refractivity (Wildman–Crippen MR) is 76.7 cm³/mol. The fraction of sp³-hybridized carbons (Fsp3) is 0.400. The molecule has 1 aromatic carbocycles. The van der Waals surface area contributed by atoms with Gasteiger partial charge < -0.3 is 10.3 Å². The Morgan fingerprint density at radius 2 is 2.11 bits per heavy atom. The number of hydrogen-bond acceptors (Lipinski definition) is 3. The lowest BCUT2D eigenvalue weighted by atomic mass is 10.1. The summed E-state index contributed by atoms with van der Waals surface area (Å²) in [5, 5.41) is 4.34. The molecule has 2 aromatic rings. The van der Waals surface area contributed by atoms with Crippen LogP contribution in [0.25, 0.3) is 10.9 Å². The van der Waals surface area contributed by atoms with Crippen molar-refractivity contribution in [3.63, 3.8) is 0 Å². The fourth-order valence-corrected chi connectivity index (χ4v) is 2.62. The maximum atomic E-state index is 12.4. The number of H-pyrrole nitrogens is 1. The standard InChI is InChI=1S/C15H19N3O/c1-11-2-3-14-12(8-11)13(9-17-14)15(19)10-18-6-4-16-5-7-18/h2-3,8-9,16-17H,4-7,10H2,1H3. The number of fused-ring (bicyclic) bond motifs is 1. The Balaban J connectivity index is 1.82. The maximum absolute atomic E-state index is 12.4. The van der Waals surface area contributed by atoms with Crippen molar-refractivity contribution in [2.45, 2.75) is 6.92 Å². The molecule has 0 radical (unpaired) electrons. The van der Waals surface area contributed by atoms with Crippen LogP contribution in [0.3, 0.4) is 0 Å². The van der Waals surface area contributed by atoms with Gasteiger partial charge in [0.1, 0.15) is 0 Å². The molecular formula is C15H19N3O. The van der Waals surface area contributed by atoms with Crippen LogP contribution in [0, 0.1) is 6.92 Å². The highest BCUT2D eigenvalue weighted by Gasteiger charge is 2.17. The molecule has 0 bridgehead atoms. The van der Waals surface area contributed by atoms with E-state index in [-0.39, 0.29) is 5.78 Å². The molecule has 0 amide bonds. The second-order valence-corrected chi connectivity index (χ2v) is 5.20. The molecule has 0 aliphatic carbocycles. The molecular weight excluding hydrogens is 238 g/mol. The predicted octanol–water partition coefficient (Wildman–Crippen LogP) is 1.56. The zero-order chi connectivity index (χ0) is 13.2. The molecule has 0 unspecified atom stereocenters. The molecule has 2 heterocycles. The van der Waals surface area contributed by atoms with Gasteiger partial charge in [0.15, 0.2) is 5.78 Å². The van der Waals surface area contributed by atoms with Crippen LogP contribution in [-0.4, -0.2) is 48.4 Å². The van der Waals surface area contributed by atoms with Crippen LogP contribution in [0.15, 0.2) is 24.4 Å². The molecule has 1 aliphatic rings. The van der Waals surface area contributed by atoms with Gasteiger partial charge in [-0.2, -0.15) is 0 Å². The Morgan fingerprint density at radius 1 is 1.32 bits per heavy atom. The van der Waals surface area contributed by atoms with E-state index in [2.05, 4.69) is 34.3 Å². The van der Waals surface area contributed by atoms with E-state index in [4.69, 9.17) is 0 Å². The van der Waals surface area contributed by atoms with Crippen LogP contribution in [0.4, 0.5) is 0 Å². The fourth-order valence-electron chi connectivity index (χ4n) is 2.62. The summed E-state index contributed by atoms with van der Waals surface area (Å²) >= 11 is 0. The lowest BCUT2D eigenvalue weighted by molar-refractivity contribution is 0.0923. The average Bonchev–Trinajstić information content (AvgIpc) is 2.82. The molecule has 0 spiro atoms. The van der Waals surface area contributed by atoms with Crippen molar-refractivity contribution in [2.24, 2.45) is 0 Å². The molecule has 19 heavy (non-hydrogen) atoms. The van der Waals surface area contributed by atoms with Crippen LogP contribution in [0.2, 0.25) is 0 Å². The lowest BCUT2D eigenvalue weighted by Crippen LogP contribution is -2.45. The van der Waals surface area contributed by atoms with Gasteiger partial charge in [-0.3, -0.25) is 9.69 Å². The highest BCUT2D eigenvalue weighted by atomic mass is 16.1. The van der Waals surface area contributed by atoms with Gasteiger partial charge in [-0.25, -0.2) is 0 Å². The number of piperazine rings is 1. The summed E-state index contributed by atoms with van der Waals surface area (Å²) in [6.07, 6.45) is 1.84. The molecule has 0 saturated carbocycles. The van der Waals surface area contributed by atoms with Gasteiger partial charge in [0, 0.05) is 48.8 Å². The number of hydrogen-bond donors (Lipinski definition) is 2. The molecule has 2 N–H and O–H groups in total. The Morgan fingerprint density at radius 3 is 2.89 bits per heavy atom. The van der Waals surface area contributed by atoms with Crippen LogP contribution in [0.5, 0.6) is 0 Å². The summed E-state index contributed by atoms with van der Waals surface area (Å²) in [5.41, 5.74) is 3.04. The zero-order valence-corrected chi connectivity index (χ0v) is 11.2. The van der Waals surface area contributed by atoms with Crippen molar-refractivity contribution in [1.82, 2.24) is 15.2 Å². The van der Waals surface area contributed by atoms with Gasteiger partial charge in [-0.1, -0.05) is 11.6 Å². The summed E-state index contributed by atoms with van der Waals surface area (Å²) in [5.74, 6) is 0.207. The lowest BCUT2D eigenvalue weighted by Gasteiger charge is -2.26. The minimum atomic E-state index is 0.207. The quantitative estimate of drug-likeness (QED) is 0.820. The molecule has 1 aliphatic heterocycles. The third kappa shape index (κ3) is 2.55. The number of nitrogens with zero attached hydrogens (tertiary/aromatic N) is 1. The maximum Gasteiger partial charge on any atom is 0.178 e. The third-order valence-corrected chi connectivity index (χ3v) is 3.71. The summed E-state index contributed by atoms with van der Waals surface area (Å²) in [7, 11) is 0. The number of carbonyl (C=O) groups excluding carboxylic acids is 1. The average molecular weight is 257 g/mol. The Bertz CT molecular complexity index is 596. The highest BCUT2D eigenvalue weighted by molar-refractivity contribution is 6.08. The molecule has 0 atom stereocenters. The summed E-state index contributed by atoms with van der Waals surface area (Å²) in [4.78, 5) is 17.8. The highest BCUT2D eigenvalue weighted by Crippen LogP contribution is 2.20. The first-order valence-electron chi connectivity index (χ1n) is 6.78. The van der Waals surface area contributed by atoms with Crippen molar-refractivity contribution in [3.8, 4) is 0 Å². The Kier molecular flexibility index (Phi) is 3.36. The molecule has 1 saturated heterocycles. The number of nitrogens with one attached hydrogen (secondary N) is 2. The molecule has 4 nitrogen and oxygen atoms in total. The first kappa shape index (κ1) is 12.4. The van der Waals surface area contributed by atoms with Crippen LogP contribution in [-0.2, 0) is 0 Å². The van der Waals surface area contributed by atoms with Crippen molar-refractivity contribution in [3.05, 3.63) is 35.5 Å². The van der Waals surface area contributed by atoms with Gasteiger partial charge >= 0.3 is 0 Å². The van der Waals surface area contributed by atoms with Gasteiger partial charge in [-0.05, 0) is 19.1 Å². The Labute approximate surface area is 112 Å².